The second-order valence-corrected chi connectivity index (χ2v) is 6.32. The number of sulfone groups is 1. The molecule has 0 saturated carbocycles. The van der Waals surface area contributed by atoms with E-state index >= 15 is 0 Å². The predicted octanol–water partition coefficient (Wildman–Crippen LogP) is 3.59. The number of halogens is 3. The SMILES string of the molecule is O=S(=O)(Cc1cc(Cl)ccc1F)c1ccccc1F. The summed E-state index contributed by atoms with van der Waals surface area (Å²) < 4.78 is 51.0. The topological polar surface area (TPSA) is 34.1 Å². The Morgan fingerprint density at radius 2 is 1.68 bits per heavy atom. The Kier molecular flexibility index (Phi) is 3.87. The molecule has 19 heavy (non-hydrogen) atoms. The summed E-state index contributed by atoms with van der Waals surface area (Å²) in [6.45, 7) is 0. The minimum Gasteiger partial charge on any atom is -0.223 e. The highest BCUT2D eigenvalue weighted by atomic mass is 35.5. The van der Waals surface area contributed by atoms with Gasteiger partial charge in [0.25, 0.3) is 0 Å². The first-order chi connectivity index (χ1) is 8.90. The third-order valence-electron chi connectivity index (χ3n) is 2.52. The van der Waals surface area contributed by atoms with Crippen LogP contribution in [-0.2, 0) is 15.6 Å². The van der Waals surface area contributed by atoms with Gasteiger partial charge in [-0.3, -0.25) is 0 Å². The molecule has 0 radical (unpaired) electrons. The quantitative estimate of drug-likeness (QED) is 0.868. The summed E-state index contributed by atoms with van der Waals surface area (Å²) in [6, 6.07) is 8.59. The van der Waals surface area contributed by atoms with Crippen LogP contribution in [0.2, 0.25) is 5.02 Å². The molecule has 0 aliphatic carbocycles. The monoisotopic (exact) mass is 302 g/mol. The summed E-state index contributed by atoms with van der Waals surface area (Å²) in [7, 11) is -3.96. The van der Waals surface area contributed by atoms with Crippen molar-refractivity contribution in [3.05, 3.63) is 64.7 Å². The van der Waals surface area contributed by atoms with Gasteiger partial charge in [0.15, 0.2) is 9.84 Å². The molecule has 0 atom stereocenters. The molecule has 100 valence electrons. The van der Waals surface area contributed by atoms with Crippen LogP contribution in [0.25, 0.3) is 0 Å². The molecule has 0 aliphatic rings. The van der Waals surface area contributed by atoms with Crippen molar-refractivity contribution in [1.29, 1.82) is 0 Å². The van der Waals surface area contributed by atoms with Gasteiger partial charge in [0, 0.05) is 10.6 Å². The maximum absolute atomic E-state index is 13.5. The largest absolute Gasteiger partial charge is 0.223 e. The lowest BCUT2D eigenvalue weighted by Gasteiger charge is -2.07. The number of benzene rings is 2. The van der Waals surface area contributed by atoms with Gasteiger partial charge < -0.3 is 0 Å². The average Bonchev–Trinajstić information content (AvgIpc) is 2.34. The zero-order chi connectivity index (χ0) is 14.0. The van der Waals surface area contributed by atoms with Gasteiger partial charge in [-0.25, -0.2) is 17.2 Å². The third kappa shape index (κ3) is 3.11. The molecule has 0 aromatic heterocycles. The minimum absolute atomic E-state index is 0.0873. The van der Waals surface area contributed by atoms with Crippen molar-refractivity contribution >= 4 is 21.4 Å². The van der Waals surface area contributed by atoms with E-state index in [1.54, 1.807) is 0 Å². The standard InChI is InChI=1S/C13H9ClF2O2S/c14-10-5-6-11(15)9(7-10)8-19(17,18)13-4-2-1-3-12(13)16/h1-7H,8H2. The summed E-state index contributed by atoms with van der Waals surface area (Å²) in [4.78, 5) is -0.450. The summed E-state index contributed by atoms with van der Waals surface area (Å²) >= 11 is 5.69. The molecule has 0 spiro atoms. The summed E-state index contributed by atoms with van der Waals surface area (Å²) in [5.41, 5.74) is -0.0873. The molecular weight excluding hydrogens is 294 g/mol. The zero-order valence-electron chi connectivity index (χ0n) is 9.61. The van der Waals surface area contributed by atoms with Crippen molar-refractivity contribution in [1.82, 2.24) is 0 Å². The van der Waals surface area contributed by atoms with E-state index < -0.39 is 32.1 Å². The minimum atomic E-state index is -3.96. The van der Waals surface area contributed by atoms with E-state index in [0.29, 0.717) is 0 Å². The molecular formula is C13H9ClF2O2S. The maximum Gasteiger partial charge on any atom is 0.185 e. The first-order valence-electron chi connectivity index (χ1n) is 5.31. The maximum atomic E-state index is 13.5. The van der Waals surface area contributed by atoms with Crippen LogP contribution in [0.5, 0.6) is 0 Å². The summed E-state index contributed by atoms with van der Waals surface area (Å²) in [5, 5.41) is 0.222. The predicted molar refractivity (Wildman–Crippen MR) is 68.7 cm³/mol. The van der Waals surface area contributed by atoms with E-state index in [0.717, 1.165) is 18.2 Å². The molecule has 0 amide bonds. The lowest BCUT2D eigenvalue weighted by molar-refractivity contribution is 0.563. The molecule has 2 aromatic carbocycles. The highest BCUT2D eigenvalue weighted by molar-refractivity contribution is 7.90. The van der Waals surface area contributed by atoms with Gasteiger partial charge in [0.1, 0.15) is 16.5 Å². The van der Waals surface area contributed by atoms with E-state index in [4.69, 9.17) is 11.6 Å². The first-order valence-corrected chi connectivity index (χ1v) is 7.34. The smallest absolute Gasteiger partial charge is 0.185 e. The Hall–Kier alpha value is -1.46. The highest BCUT2D eigenvalue weighted by Crippen LogP contribution is 2.22. The average molecular weight is 303 g/mol. The van der Waals surface area contributed by atoms with Gasteiger partial charge in [-0.15, -0.1) is 0 Å². The van der Waals surface area contributed by atoms with Gasteiger partial charge in [0.05, 0.1) is 5.75 Å². The third-order valence-corrected chi connectivity index (χ3v) is 4.45. The molecule has 0 unspecified atom stereocenters. The highest BCUT2D eigenvalue weighted by Gasteiger charge is 2.21. The van der Waals surface area contributed by atoms with Crippen LogP contribution in [0.3, 0.4) is 0 Å². The van der Waals surface area contributed by atoms with Crippen LogP contribution in [0.15, 0.2) is 47.4 Å². The normalized spacial score (nSPS) is 11.5. The van der Waals surface area contributed by atoms with Crippen LogP contribution in [-0.4, -0.2) is 8.42 Å². The second-order valence-electron chi connectivity index (χ2n) is 3.93. The van der Waals surface area contributed by atoms with Crippen molar-refractivity contribution in [2.24, 2.45) is 0 Å². The van der Waals surface area contributed by atoms with Gasteiger partial charge in [-0.1, -0.05) is 23.7 Å². The fourth-order valence-electron chi connectivity index (χ4n) is 1.63. The fourth-order valence-corrected chi connectivity index (χ4v) is 3.27. The van der Waals surface area contributed by atoms with Gasteiger partial charge in [-0.2, -0.15) is 0 Å². The van der Waals surface area contributed by atoms with Crippen molar-refractivity contribution in [2.75, 3.05) is 0 Å². The molecule has 2 nitrogen and oxygen atoms in total. The van der Waals surface area contributed by atoms with Crippen LogP contribution in [0.1, 0.15) is 5.56 Å². The zero-order valence-corrected chi connectivity index (χ0v) is 11.2. The molecule has 2 rings (SSSR count). The van der Waals surface area contributed by atoms with Gasteiger partial charge in [0.2, 0.25) is 0 Å². The molecule has 0 saturated heterocycles. The van der Waals surface area contributed by atoms with Crippen molar-refractivity contribution in [3.63, 3.8) is 0 Å². The first kappa shape index (κ1) is 14.0. The molecule has 0 bridgehead atoms. The molecule has 0 N–H and O–H groups in total. The van der Waals surface area contributed by atoms with Crippen molar-refractivity contribution in [2.45, 2.75) is 10.6 Å². The Labute approximate surface area is 114 Å². The Morgan fingerprint density at radius 3 is 2.37 bits per heavy atom. The molecule has 2 aromatic rings. The van der Waals surface area contributed by atoms with Gasteiger partial charge >= 0.3 is 0 Å². The second kappa shape index (κ2) is 5.27. The molecule has 0 heterocycles. The molecule has 0 aliphatic heterocycles. The van der Waals surface area contributed by atoms with E-state index in [1.165, 1.54) is 24.3 Å². The van der Waals surface area contributed by atoms with E-state index in [2.05, 4.69) is 0 Å². The summed E-state index contributed by atoms with van der Waals surface area (Å²) in [6.07, 6.45) is 0. The van der Waals surface area contributed by atoms with E-state index in [9.17, 15) is 17.2 Å². The fraction of sp³-hybridized carbons (Fsp3) is 0.0769. The van der Waals surface area contributed by atoms with Crippen LogP contribution in [0.4, 0.5) is 8.78 Å². The Bertz CT molecular complexity index is 714. The lowest BCUT2D eigenvalue weighted by atomic mass is 10.2. The van der Waals surface area contributed by atoms with Crippen molar-refractivity contribution < 1.29 is 17.2 Å². The number of hydrogen-bond acceptors (Lipinski definition) is 2. The van der Waals surface area contributed by atoms with Crippen molar-refractivity contribution in [3.8, 4) is 0 Å². The van der Waals surface area contributed by atoms with E-state index in [-0.39, 0.29) is 10.6 Å². The van der Waals surface area contributed by atoms with Crippen LogP contribution in [0, 0.1) is 11.6 Å². The van der Waals surface area contributed by atoms with Crippen LogP contribution >= 0.6 is 11.6 Å². The Morgan fingerprint density at radius 1 is 1.00 bits per heavy atom. The number of rotatable bonds is 3. The molecule has 0 fully saturated rings. The summed E-state index contributed by atoms with van der Waals surface area (Å²) in [5.74, 6) is -2.19. The Balaban J connectivity index is 2.43. The van der Waals surface area contributed by atoms with Gasteiger partial charge in [-0.05, 0) is 30.3 Å². The van der Waals surface area contributed by atoms with Crippen LogP contribution < -0.4 is 0 Å². The van der Waals surface area contributed by atoms with E-state index in [1.807, 2.05) is 0 Å². The lowest BCUT2D eigenvalue weighted by Crippen LogP contribution is -2.08. The molecule has 6 heteroatoms. The number of hydrogen-bond donors (Lipinski definition) is 0.